The number of hydrogen-bond acceptors (Lipinski definition) is 4. The number of rotatable bonds is 4. The molecule has 0 saturated carbocycles. The first-order chi connectivity index (χ1) is 10.2. The van der Waals surface area contributed by atoms with Crippen molar-refractivity contribution in [2.24, 2.45) is 0 Å². The van der Waals surface area contributed by atoms with E-state index in [1.54, 1.807) is 11.3 Å². The van der Waals surface area contributed by atoms with Crippen molar-refractivity contribution >= 4 is 27.9 Å². The topological polar surface area (TPSA) is 29.0 Å². The van der Waals surface area contributed by atoms with Gasteiger partial charge < -0.3 is 4.90 Å². The van der Waals surface area contributed by atoms with Crippen LogP contribution in [0.2, 0.25) is 0 Å². The third-order valence-electron chi connectivity index (χ3n) is 3.64. The first-order valence-corrected chi connectivity index (χ1v) is 8.18. The van der Waals surface area contributed by atoms with Gasteiger partial charge in [0.15, 0.2) is 0 Å². The Morgan fingerprint density at radius 2 is 1.86 bits per heavy atom. The number of hydrogen-bond donors (Lipinski definition) is 0. The van der Waals surface area contributed by atoms with Crippen molar-refractivity contribution in [3.63, 3.8) is 0 Å². The van der Waals surface area contributed by atoms with Gasteiger partial charge in [-0.2, -0.15) is 0 Å². The molecule has 3 rings (SSSR count). The van der Waals surface area contributed by atoms with Gasteiger partial charge in [-0.15, -0.1) is 11.3 Å². The molecule has 4 heteroatoms. The average molecular weight is 297 g/mol. The molecule has 0 aliphatic heterocycles. The predicted octanol–water partition coefficient (Wildman–Crippen LogP) is 4.51. The van der Waals surface area contributed by atoms with Crippen LogP contribution in [0.4, 0.5) is 5.69 Å². The van der Waals surface area contributed by atoms with E-state index in [0.717, 1.165) is 35.0 Å². The minimum absolute atomic E-state index is 0.966. The minimum Gasteiger partial charge on any atom is -0.371 e. The fraction of sp³-hybridized carbons (Fsp3) is 0.294. The second-order valence-corrected chi connectivity index (χ2v) is 5.87. The Balaban J connectivity index is 2.23. The molecule has 0 amide bonds. The molecule has 0 aliphatic carbocycles. The van der Waals surface area contributed by atoms with Crippen LogP contribution in [-0.4, -0.2) is 23.1 Å². The van der Waals surface area contributed by atoms with Crippen LogP contribution >= 0.6 is 11.3 Å². The molecule has 0 N–H and O–H groups in total. The monoisotopic (exact) mass is 297 g/mol. The maximum atomic E-state index is 4.79. The van der Waals surface area contributed by atoms with E-state index in [2.05, 4.69) is 53.4 Å². The second kappa shape index (κ2) is 5.82. The number of anilines is 1. The van der Waals surface area contributed by atoms with E-state index in [1.807, 2.05) is 13.0 Å². The fourth-order valence-corrected chi connectivity index (χ4v) is 3.32. The number of fused-ring (bicyclic) bond motifs is 1. The summed E-state index contributed by atoms with van der Waals surface area (Å²) in [7, 11) is 0. The zero-order valence-corrected chi connectivity index (χ0v) is 13.4. The number of para-hydroxylation sites is 1. The Morgan fingerprint density at radius 1 is 1.10 bits per heavy atom. The van der Waals surface area contributed by atoms with Gasteiger partial charge in [-0.25, -0.2) is 9.97 Å². The van der Waals surface area contributed by atoms with Crippen molar-refractivity contribution in [2.75, 3.05) is 18.0 Å². The average Bonchev–Trinajstić information content (AvgIpc) is 2.95. The molecular formula is C17H19N3S. The normalized spacial score (nSPS) is 11.0. The number of pyridine rings is 1. The third kappa shape index (κ3) is 2.63. The molecule has 108 valence electrons. The van der Waals surface area contributed by atoms with E-state index < -0.39 is 0 Å². The highest BCUT2D eigenvalue weighted by atomic mass is 32.1. The second-order valence-electron chi connectivity index (χ2n) is 5.01. The number of aromatic nitrogens is 2. The van der Waals surface area contributed by atoms with Gasteiger partial charge in [0.05, 0.1) is 5.52 Å². The van der Waals surface area contributed by atoms with Crippen molar-refractivity contribution in [2.45, 2.75) is 20.8 Å². The van der Waals surface area contributed by atoms with E-state index in [-0.39, 0.29) is 0 Å². The lowest BCUT2D eigenvalue weighted by Gasteiger charge is -2.23. The molecular weight excluding hydrogens is 278 g/mol. The van der Waals surface area contributed by atoms with Crippen LogP contribution in [0, 0.1) is 6.92 Å². The highest BCUT2D eigenvalue weighted by Crippen LogP contribution is 2.32. The van der Waals surface area contributed by atoms with Crippen LogP contribution in [0.5, 0.6) is 0 Å². The third-order valence-corrected chi connectivity index (χ3v) is 4.62. The van der Waals surface area contributed by atoms with Crippen molar-refractivity contribution < 1.29 is 0 Å². The van der Waals surface area contributed by atoms with Crippen molar-refractivity contribution in [1.82, 2.24) is 9.97 Å². The van der Waals surface area contributed by atoms with Crippen molar-refractivity contribution in [3.05, 3.63) is 41.4 Å². The minimum atomic E-state index is 0.966. The first-order valence-electron chi connectivity index (χ1n) is 7.30. The highest BCUT2D eigenvalue weighted by Gasteiger charge is 2.13. The molecule has 2 aromatic heterocycles. The lowest BCUT2D eigenvalue weighted by atomic mass is 10.1. The summed E-state index contributed by atoms with van der Waals surface area (Å²) in [5.74, 6) is 0. The summed E-state index contributed by atoms with van der Waals surface area (Å²) in [5.41, 5.74) is 4.29. The van der Waals surface area contributed by atoms with E-state index in [1.165, 1.54) is 11.1 Å². The zero-order valence-electron chi connectivity index (χ0n) is 12.6. The summed E-state index contributed by atoms with van der Waals surface area (Å²) in [6.45, 7) is 8.37. The highest BCUT2D eigenvalue weighted by molar-refractivity contribution is 7.13. The summed E-state index contributed by atoms with van der Waals surface area (Å²) in [4.78, 5) is 11.7. The lowest BCUT2D eigenvalue weighted by molar-refractivity contribution is 0.870. The number of thiazole rings is 1. The molecule has 2 heterocycles. The van der Waals surface area contributed by atoms with Gasteiger partial charge in [0.2, 0.25) is 0 Å². The fourth-order valence-electron chi connectivity index (χ4n) is 2.56. The molecule has 0 aliphatic rings. The Hall–Kier alpha value is -1.94. The predicted molar refractivity (Wildman–Crippen MR) is 91.1 cm³/mol. The van der Waals surface area contributed by atoms with Crippen LogP contribution in [0.3, 0.4) is 0 Å². The summed E-state index contributed by atoms with van der Waals surface area (Å²) >= 11 is 1.65. The van der Waals surface area contributed by atoms with Crippen LogP contribution in [0.25, 0.3) is 21.6 Å². The molecule has 0 spiro atoms. The number of benzene rings is 1. The first kappa shape index (κ1) is 14.0. The van der Waals surface area contributed by atoms with Crippen molar-refractivity contribution in [3.8, 4) is 10.7 Å². The lowest BCUT2D eigenvalue weighted by Crippen LogP contribution is -2.22. The molecule has 0 atom stereocenters. The van der Waals surface area contributed by atoms with Crippen LogP contribution in [-0.2, 0) is 0 Å². The van der Waals surface area contributed by atoms with Gasteiger partial charge in [-0.05, 0) is 32.9 Å². The standard InChI is InChI=1S/C17H19N3S/c1-4-20(5-2)16-10-15(17-18-12(3)11-21-17)19-14-9-7-6-8-13(14)16/h6-11H,4-5H2,1-3H3. The van der Waals surface area contributed by atoms with Gasteiger partial charge in [0.25, 0.3) is 0 Å². The summed E-state index contributed by atoms with van der Waals surface area (Å²) in [6.07, 6.45) is 0. The Kier molecular flexibility index (Phi) is 3.88. The summed E-state index contributed by atoms with van der Waals surface area (Å²) < 4.78 is 0. The largest absolute Gasteiger partial charge is 0.371 e. The molecule has 21 heavy (non-hydrogen) atoms. The molecule has 0 bridgehead atoms. The van der Waals surface area contributed by atoms with Gasteiger partial charge in [-0.1, -0.05) is 18.2 Å². The molecule has 0 fully saturated rings. The van der Waals surface area contributed by atoms with Crippen molar-refractivity contribution in [1.29, 1.82) is 0 Å². The van der Waals surface area contributed by atoms with E-state index >= 15 is 0 Å². The summed E-state index contributed by atoms with van der Waals surface area (Å²) in [5, 5.41) is 4.27. The summed E-state index contributed by atoms with van der Waals surface area (Å²) in [6, 6.07) is 10.5. The maximum Gasteiger partial charge on any atom is 0.142 e. The molecule has 0 saturated heterocycles. The van der Waals surface area contributed by atoms with Crippen LogP contribution in [0.1, 0.15) is 19.5 Å². The molecule has 3 aromatic rings. The Bertz CT molecular complexity index is 760. The maximum absolute atomic E-state index is 4.79. The van der Waals surface area contributed by atoms with Gasteiger partial charge in [0, 0.05) is 35.2 Å². The molecule has 0 unspecified atom stereocenters. The SMILES string of the molecule is CCN(CC)c1cc(-c2nc(C)cs2)nc2ccccc12. The van der Waals surface area contributed by atoms with Gasteiger partial charge >= 0.3 is 0 Å². The number of aryl methyl sites for hydroxylation is 1. The smallest absolute Gasteiger partial charge is 0.142 e. The molecule has 1 aromatic carbocycles. The van der Waals surface area contributed by atoms with Gasteiger partial charge in [0.1, 0.15) is 10.7 Å². The quantitative estimate of drug-likeness (QED) is 0.709. The Morgan fingerprint density at radius 3 is 2.52 bits per heavy atom. The van der Waals surface area contributed by atoms with Gasteiger partial charge in [-0.3, -0.25) is 0 Å². The molecule has 3 nitrogen and oxygen atoms in total. The van der Waals surface area contributed by atoms with E-state index in [4.69, 9.17) is 4.98 Å². The van der Waals surface area contributed by atoms with Crippen LogP contribution in [0.15, 0.2) is 35.7 Å². The van der Waals surface area contributed by atoms with E-state index in [0.29, 0.717) is 0 Å². The van der Waals surface area contributed by atoms with Crippen LogP contribution < -0.4 is 4.90 Å². The zero-order chi connectivity index (χ0) is 14.8. The molecule has 0 radical (unpaired) electrons. The van der Waals surface area contributed by atoms with E-state index in [9.17, 15) is 0 Å². The Labute approximate surface area is 129 Å². The number of nitrogens with zero attached hydrogens (tertiary/aromatic N) is 3.